The fourth-order valence-electron chi connectivity index (χ4n) is 2.46. The number of nitrogens with zero attached hydrogens (tertiary/aromatic N) is 2. The van der Waals surface area contributed by atoms with E-state index in [2.05, 4.69) is 57.2 Å². The summed E-state index contributed by atoms with van der Waals surface area (Å²) in [4.78, 5) is 18.5. The molecule has 0 saturated heterocycles. The zero-order valence-corrected chi connectivity index (χ0v) is 20.8. The van der Waals surface area contributed by atoms with Gasteiger partial charge in [0.05, 0.1) is 0 Å². The van der Waals surface area contributed by atoms with Gasteiger partial charge in [-0.05, 0) is 52.7 Å². The molecular weight excluding hydrogens is 481 g/mol. The predicted molar refractivity (Wildman–Crippen MR) is 133 cm³/mol. The van der Waals surface area contributed by atoms with E-state index in [4.69, 9.17) is 4.74 Å². The molecule has 1 rings (SSSR count). The lowest BCUT2D eigenvalue weighted by Gasteiger charge is -2.20. The Labute approximate surface area is 193 Å². The molecule has 0 spiro atoms. The van der Waals surface area contributed by atoms with Crippen molar-refractivity contribution in [3.05, 3.63) is 30.3 Å². The lowest BCUT2D eigenvalue weighted by atomic mass is 10.2. The van der Waals surface area contributed by atoms with Gasteiger partial charge in [-0.1, -0.05) is 18.2 Å². The van der Waals surface area contributed by atoms with Crippen LogP contribution in [0.4, 0.5) is 10.5 Å². The van der Waals surface area contributed by atoms with Gasteiger partial charge in [-0.15, -0.1) is 24.0 Å². The van der Waals surface area contributed by atoms with E-state index >= 15 is 0 Å². The third kappa shape index (κ3) is 14.0. The third-order valence-corrected chi connectivity index (χ3v) is 3.80. The summed E-state index contributed by atoms with van der Waals surface area (Å²) in [5.74, 6) is 0.768. The molecule has 166 valence electrons. The summed E-state index contributed by atoms with van der Waals surface area (Å²) < 4.78 is 5.21. The summed E-state index contributed by atoms with van der Waals surface area (Å²) in [6.45, 7) is 11.2. The number of ether oxygens (including phenoxy) is 1. The number of para-hydroxylation sites is 1. The second kappa shape index (κ2) is 15.2. The number of hydrogen-bond acceptors (Lipinski definition) is 4. The number of rotatable bonds is 10. The molecular formula is C21H38IN5O2. The van der Waals surface area contributed by atoms with E-state index in [1.54, 1.807) is 0 Å². The second-order valence-electron chi connectivity index (χ2n) is 7.58. The van der Waals surface area contributed by atoms with Crippen LogP contribution < -0.4 is 20.9 Å². The molecule has 0 fully saturated rings. The number of nitrogens with one attached hydrogen (secondary N) is 3. The molecule has 8 heteroatoms. The monoisotopic (exact) mass is 519 g/mol. The Morgan fingerprint density at radius 2 is 1.72 bits per heavy atom. The highest BCUT2D eigenvalue weighted by Crippen LogP contribution is 2.11. The van der Waals surface area contributed by atoms with Gasteiger partial charge in [0.25, 0.3) is 0 Å². The molecule has 1 aromatic rings. The van der Waals surface area contributed by atoms with Crippen LogP contribution in [0.3, 0.4) is 0 Å². The largest absolute Gasteiger partial charge is 0.444 e. The van der Waals surface area contributed by atoms with Crippen molar-refractivity contribution >= 4 is 41.7 Å². The molecule has 1 amide bonds. The van der Waals surface area contributed by atoms with Crippen LogP contribution in [-0.2, 0) is 4.74 Å². The summed E-state index contributed by atoms with van der Waals surface area (Å²) in [6, 6.07) is 10.4. The van der Waals surface area contributed by atoms with E-state index in [0.29, 0.717) is 13.1 Å². The minimum Gasteiger partial charge on any atom is -0.444 e. The summed E-state index contributed by atoms with van der Waals surface area (Å²) in [5, 5.41) is 9.17. The Balaban J connectivity index is 0.00000784. The van der Waals surface area contributed by atoms with Crippen LogP contribution in [0, 0.1) is 0 Å². The number of carbonyl (C=O) groups excluding carboxylic acids is 1. The van der Waals surface area contributed by atoms with Crippen molar-refractivity contribution in [2.24, 2.45) is 4.99 Å². The quantitative estimate of drug-likeness (QED) is 0.191. The first-order valence-electron chi connectivity index (χ1n) is 10.1. The molecule has 0 unspecified atom stereocenters. The predicted octanol–water partition coefficient (Wildman–Crippen LogP) is 3.60. The van der Waals surface area contributed by atoms with E-state index in [0.717, 1.165) is 38.4 Å². The fraction of sp³-hybridized carbons (Fsp3) is 0.619. The van der Waals surface area contributed by atoms with Gasteiger partial charge in [-0.25, -0.2) is 4.79 Å². The number of unbranched alkanes of at least 4 members (excludes halogenated alkanes) is 1. The lowest BCUT2D eigenvalue weighted by Crippen LogP contribution is -2.42. The van der Waals surface area contributed by atoms with E-state index in [1.165, 1.54) is 5.69 Å². The number of halogens is 1. The first-order chi connectivity index (χ1) is 13.3. The van der Waals surface area contributed by atoms with Gasteiger partial charge in [-0.3, -0.25) is 4.99 Å². The first-order valence-corrected chi connectivity index (χ1v) is 10.1. The number of anilines is 1. The number of hydrogen-bond donors (Lipinski definition) is 3. The third-order valence-electron chi connectivity index (χ3n) is 3.80. The van der Waals surface area contributed by atoms with Gasteiger partial charge in [0.15, 0.2) is 5.96 Å². The van der Waals surface area contributed by atoms with Gasteiger partial charge in [0.1, 0.15) is 5.60 Å². The molecule has 0 radical (unpaired) electrons. The van der Waals surface area contributed by atoms with Crippen molar-refractivity contribution in [1.29, 1.82) is 0 Å². The van der Waals surface area contributed by atoms with Crippen molar-refractivity contribution in [1.82, 2.24) is 16.0 Å². The maximum Gasteiger partial charge on any atom is 0.407 e. The van der Waals surface area contributed by atoms with Crippen LogP contribution in [0.15, 0.2) is 35.3 Å². The number of guanidine groups is 1. The molecule has 0 heterocycles. The zero-order valence-electron chi connectivity index (χ0n) is 18.5. The molecule has 0 aromatic heterocycles. The Morgan fingerprint density at radius 1 is 1.07 bits per heavy atom. The van der Waals surface area contributed by atoms with E-state index in [1.807, 2.05) is 33.8 Å². The van der Waals surface area contributed by atoms with Gasteiger partial charge < -0.3 is 25.6 Å². The molecule has 0 aliphatic carbocycles. The Hall–Kier alpha value is -1.71. The van der Waals surface area contributed by atoms with Gasteiger partial charge in [0, 0.05) is 45.5 Å². The molecule has 0 atom stereocenters. The van der Waals surface area contributed by atoms with Crippen molar-refractivity contribution in [3.63, 3.8) is 0 Å². The zero-order chi connectivity index (χ0) is 20.8. The van der Waals surface area contributed by atoms with Gasteiger partial charge in [0.2, 0.25) is 0 Å². The highest BCUT2D eigenvalue weighted by Gasteiger charge is 2.15. The lowest BCUT2D eigenvalue weighted by molar-refractivity contribution is 0.0529. The average molecular weight is 519 g/mol. The van der Waals surface area contributed by atoms with Gasteiger partial charge >= 0.3 is 6.09 Å². The minimum absolute atomic E-state index is 0. The number of alkyl carbamates (subject to hydrolysis) is 1. The maximum absolute atomic E-state index is 11.6. The normalized spacial score (nSPS) is 11.3. The summed E-state index contributed by atoms with van der Waals surface area (Å²) in [5.41, 5.74) is 0.751. The number of carbonyl (C=O) groups is 1. The highest BCUT2D eigenvalue weighted by molar-refractivity contribution is 14.0. The van der Waals surface area contributed by atoms with Crippen LogP contribution in [-0.4, -0.2) is 57.4 Å². The number of aliphatic imine (C=N–C) groups is 1. The number of amides is 1. The van der Waals surface area contributed by atoms with Crippen molar-refractivity contribution < 1.29 is 9.53 Å². The molecule has 0 aliphatic rings. The smallest absolute Gasteiger partial charge is 0.407 e. The highest BCUT2D eigenvalue weighted by atomic mass is 127. The van der Waals surface area contributed by atoms with E-state index in [9.17, 15) is 4.79 Å². The summed E-state index contributed by atoms with van der Waals surface area (Å²) in [7, 11) is 2.11. The van der Waals surface area contributed by atoms with Gasteiger partial charge in [-0.2, -0.15) is 0 Å². The number of benzene rings is 1. The van der Waals surface area contributed by atoms with E-state index in [-0.39, 0.29) is 24.0 Å². The molecule has 7 nitrogen and oxygen atoms in total. The molecule has 0 saturated carbocycles. The standard InChI is InChI=1S/C21H37N5O2.HI/c1-6-22-19(24-15-16-25-20(27)28-21(2,3)4)23-14-10-11-17-26(5)18-12-8-7-9-13-18;/h7-9,12-13H,6,10-11,14-17H2,1-5H3,(H,25,27)(H2,22,23,24);1H. The molecule has 1 aromatic carbocycles. The Morgan fingerprint density at radius 3 is 2.34 bits per heavy atom. The van der Waals surface area contributed by atoms with Crippen molar-refractivity contribution in [2.75, 3.05) is 44.7 Å². The first kappa shape index (κ1) is 27.3. The minimum atomic E-state index is -0.484. The maximum atomic E-state index is 11.6. The fourth-order valence-corrected chi connectivity index (χ4v) is 2.46. The van der Waals surface area contributed by atoms with Crippen LogP contribution in [0.1, 0.15) is 40.5 Å². The Kier molecular flexibility index (Phi) is 14.3. The Bertz CT molecular complexity index is 590. The average Bonchev–Trinajstić information content (AvgIpc) is 2.64. The SMILES string of the molecule is CCNC(=NCCCCN(C)c1ccccc1)NCCNC(=O)OC(C)(C)C.I. The second-order valence-corrected chi connectivity index (χ2v) is 7.58. The molecule has 29 heavy (non-hydrogen) atoms. The molecule has 0 aliphatic heterocycles. The summed E-state index contributed by atoms with van der Waals surface area (Å²) in [6.07, 6.45) is 1.69. The van der Waals surface area contributed by atoms with E-state index < -0.39 is 11.7 Å². The molecule has 0 bridgehead atoms. The summed E-state index contributed by atoms with van der Waals surface area (Å²) >= 11 is 0. The van der Waals surface area contributed by atoms with Crippen molar-refractivity contribution in [2.45, 2.75) is 46.1 Å². The topological polar surface area (TPSA) is 78.0 Å². The van der Waals surface area contributed by atoms with Crippen LogP contribution in [0.5, 0.6) is 0 Å². The molecule has 3 N–H and O–H groups in total. The van der Waals surface area contributed by atoms with Crippen LogP contribution in [0.25, 0.3) is 0 Å². The van der Waals surface area contributed by atoms with Crippen molar-refractivity contribution in [3.8, 4) is 0 Å². The van der Waals surface area contributed by atoms with Crippen LogP contribution in [0.2, 0.25) is 0 Å². The van der Waals surface area contributed by atoms with Crippen LogP contribution >= 0.6 is 24.0 Å².